The Balaban J connectivity index is 1.46. The third-order valence-electron chi connectivity index (χ3n) is 4.63. The molecule has 2 aromatic carbocycles. The summed E-state index contributed by atoms with van der Waals surface area (Å²) in [6.07, 6.45) is 5.02. The molecule has 0 aliphatic carbocycles. The van der Waals surface area contributed by atoms with Crippen LogP contribution in [0.3, 0.4) is 0 Å². The average Bonchev–Trinajstić information content (AvgIpc) is 3.14. The van der Waals surface area contributed by atoms with Crippen LogP contribution in [0.5, 0.6) is 0 Å². The van der Waals surface area contributed by atoms with Crippen molar-refractivity contribution in [2.45, 2.75) is 16.3 Å². The maximum absolute atomic E-state index is 13.0. The minimum Gasteiger partial charge on any atom is -0.334 e. The number of anilines is 1. The number of aryl methyl sites for hydroxylation is 1. The number of aromatic nitrogens is 3. The van der Waals surface area contributed by atoms with Gasteiger partial charge in [-0.25, -0.2) is 13.2 Å². The van der Waals surface area contributed by atoms with Crippen molar-refractivity contribution < 1.29 is 13.2 Å². The van der Waals surface area contributed by atoms with Gasteiger partial charge < -0.3 is 10.6 Å². The highest BCUT2D eigenvalue weighted by atomic mass is 32.2. The van der Waals surface area contributed by atoms with Crippen LogP contribution in [0.4, 0.5) is 10.5 Å². The van der Waals surface area contributed by atoms with Crippen LogP contribution >= 0.6 is 0 Å². The lowest BCUT2D eigenvalue weighted by Gasteiger charge is -2.09. The van der Waals surface area contributed by atoms with Crippen LogP contribution < -0.4 is 10.6 Å². The monoisotopic (exact) mass is 421 g/mol. The maximum Gasteiger partial charge on any atom is 0.319 e. The van der Waals surface area contributed by atoms with Crippen molar-refractivity contribution in [3.05, 3.63) is 78.8 Å². The predicted octanol–water partition coefficient (Wildman–Crippen LogP) is 3.12. The Morgan fingerprint density at radius 3 is 2.53 bits per heavy atom. The number of hydrogen-bond acceptors (Lipinski definition) is 5. The molecule has 8 nitrogen and oxygen atoms in total. The predicted molar refractivity (Wildman–Crippen MR) is 113 cm³/mol. The second-order valence-electron chi connectivity index (χ2n) is 6.69. The Kier molecular flexibility index (Phi) is 5.20. The highest BCUT2D eigenvalue weighted by Gasteiger charge is 2.19. The van der Waals surface area contributed by atoms with Gasteiger partial charge in [-0.2, -0.15) is 5.10 Å². The SMILES string of the molecule is Cn1ncc2ccc(S(=O)(=O)c3ccc(NC(=O)NCc4cccnc4)cc3)cc21. The minimum atomic E-state index is -3.69. The van der Waals surface area contributed by atoms with Crippen LogP contribution in [-0.2, 0) is 23.4 Å². The molecule has 0 spiro atoms. The standard InChI is InChI=1S/C21H19N5O3S/c1-26-20-11-19(7-4-16(20)14-24-26)30(28,29)18-8-5-17(6-9-18)25-21(27)23-13-15-3-2-10-22-12-15/h2-12,14H,13H2,1H3,(H2,23,25,27). The number of amides is 2. The second kappa shape index (κ2) is 7.96. The molecule has 30 heavy (non-hydrogen) atoms. The number of carbonyl (C=O) groups is 1. The molecule has 0 aliphatic rings. The molecule has 2 N–H and O–H groups in total. The van der Waals surface area contributed by atoms with Crippen molar-refractivity contribution >= 4 is 32.5 Å². The van der Waals surface area contributed by atoms with Crippen LogP contribution in [0.2, 0.25) is 0 Å². The van der Waals surface area contributed by atoms with Crippen LogP contribution in [0, 0.1) is 0 Å². The van der Waals surface area contributed by atoms with Crippen molar-refractivity contribution in [1.82, 2.24) is 20.1 Å². The molecule has 9 heteroatoms. The quantitative estimate of drug-likeness (QED) is 0.515. The number of urea groups is 1. The second-order valence-corrected chi connectivity index (χ2v) is 8.64. The fourth-order valence-corrected chi connectivity index (χ4v) is 4.29. The fraction of sp³-hybridized carbons (Fsp3) is 0.0952. The van der Waals surface area contributed by atoms with Gasteiger partial charge in [0.1, 0.15) is 0 Å². The molecule has 0 bridgehead atoms. The van der Waals surface area contributed by atoms with Crippen LogP contribution in [0.1, 0.15) is 5.56 Å². The summed E-state index contributed by atoms with van der Waals surface area (Å²) < 4.78 is 27.6. The van der Waals surface area contributed by atoms with E-state index in [-0.39, 0.29) is 9.79 Å². The molecule has 0 aliphatic heterocycles. The van der Waals surface area contributed by atoms with Gasteiger partial charge in [-0.3, -0.25) is 9.67 Å². The molecule has 0 fully saturated rings. The highest BCUT2D eigenvalue weighted by molar-refractivity contribution is 7.91. The third-order valence-corrected chi connectivity index (χ3v) is 6.40. The number of rotatable bonds is 5. The van der Waals surface area contributed by atoms with Gasteiger partial charge in [0.2, 0.25) is 9.84 Å². The van der Waals surface area contributed by atoms with Gasteiger partial charge >= 0.3 is 6.03 Å². The van der Waals surface area contributed by atoms with E-state index >= 15 is 0 Å². The van der Waals surface area contributed by atoms with Gasteiger partial charge in [-0.15, -0.1) is 0 Å². The Morgan fingerprint density at radius 1 is 1.03 bits per heavy atom. The summed E-state index contributed by atoms with van der Waals surface area (Å²) in [4.78, 5) is 16.4. The van der Waals surface area contributed by atoms with Gasteiger partial charge in [0.25, 0.3) is 0 Å². The first-order chi connectivity index (χ1) is 14.4. The summed E-state index contributed by atoms with van der Waals surface area (Å²) in [5.41, 5.74) is 2.10. The number of nitrogens with zero attached hydrogens (tertiary/aromatic N) is 3. The van der Waals surface area contributed by atoms with Crippen LogP contribution in [-0.4, -0.2) is 29.2 Å². The van der Waals surface area contributed by atoms with E-state index in [1.165, 1.54) is 12.1 Å². The maximum atomic E-state index is 13.0. The number of benzene rings is 2. The van der Waals surface area contributed by atoms with Gasteiger partial charge in [0.05, 0.1) is 21.5 Å². The summed E-state index contributed by atoms with van der Waals surface area (Å²) in [5.74, 6) is 0. The largest absolute Gasteiger partial charge is 0.334 e. The van der Waals surface area contributed by atoms with E-state index in [1.807, 2.05) is 6.07 Å². The van der Waals surface area contributed by atoms with E-state index in [1.54, 1.807) is 66.7 Å². The van der Waals surface area contributed by atoms with E-state index in [0.717, 1.165) is 16.5 Å². The van der Waals surface area contributed by atoms with Crippen LogP contribution in [0.25, 0.3) is 10.9 Å². The van der Waals surface area contributed by atoms with E-state index < -0.39 is 15.9 Å². The molecule has 4 rings (SSSR count). The Bertz CT molecular complexity index is 1300. The summed E-state index contributed by atoms with van der Waals surface area (Å²) in [6, 6.07) is 14.2. The van der Waals surface area contributed by atoms with E-state index in [4.69, 9.17) is 0 Å². The number of sulfone groups is 1. The first-order valence-corrected chi connectivity index (χ1v) is 10.6. The normalized spacial score (nSPS) is 11.4. The van der Waals surface area contributed by atoms with Crippen molar-refractivity contribution in [2.24, 2.45) is 7.05 Å². The number of carbonyl (C=O) groups excluding carboxylic acids is 1. The molecular weight excluding hydrogens is 402 g/mol. The summed E-state index contributed by atoms with van der Waals surface area (Å²) >= 11 is 0. The topological polar surface area (TPSA) is 106 Å². The Hall–Kier alpha value is -3.72. The molecular formula is C21H19N5O3S. The average molecular weight is 421 g/mol. The zero-order valence-electron chi connectivity index (χ0n) is 16.1. The van der Waals surface area contributed by atoms with Gasteiger partial charge in [-0.05, 0) is 54.1 Å². The van der Waals surface area contributed by atoms with Gasteiger partial charge in [0, 0.05) is 37.1 Å². The van der Waals surface area contributed by atoms with Gasteiger partial charge in [0.15, 0.2) is 0 Å². The first kappa shape index (κ1) is 19.6. The van der Waals surface area contributed by atoms with Crippen molar-refractivity contribution in [3.8, 4) is 0 Å². The minimum absolute atomic E-state index is 0.144. The van der Waals surface area contributed by atoms with E-state index in [2.05, 4.69) is 20.7 Å². The Morgan fingerprint density at radius 2 is 1.80 bits per heavy atom. The molecule has 0 saturated carbocycles. The molecule has 152 valence electrons. The van der Waals surface area contributed by atoms with E-state index in [0.29, 0.717) is 12.2 Å². The number of fused-ring (bicyclic) bond motifs is 1. The molecule has 0 atom stereocenters. The van der Waals surface area contributed by atoms with Gasteiger partial charge in [-0.1, -0.05) is 6.07 Å². The van der Waals surface area contributed by atoms with Crippen molar-refractivity contribution in [1.29, 1.82) is 0 Å². The molecule has 2 heterocycles. The third kappa shape index (κ3) is 4.01. The summed E-state index contributed by atoms with van der Waals surface area (Å²) in [5, 5.41) is 10.4. The van der Waals surface area contributed by atoms with Crippen molar-refractivity contribution in [3.63, 3.8) is 0 Å². The lowest BCUT2D eigenvalue weighted by molar-refractivity contribution is 0.251. The first-order valence-electron chi connectivity index (χ1n) is 9.14. The highest BCUT2D eigenvalue weighted by Crippen LogP contribution is 2.25. The molecule has 0 unspecified atom stereocenters. The molecule has 2 amide bonds. The number of hydrogen-bond donors (Lipinski definition) is 2. The molecule has 0 radical (unpaired) electrons. The van der Waals surface area contributed by atoms with Crippen molar-refractivity contribution in [2.75, 3.05) is 5.32 Å². The summed E-state index contributed by atoms with van der Waals surface area (Å²) in [7, 11) is -1.93. The summed E-state index contributed by atoms with van der Waals surface area (Å²) in [6.45, 7) is 0.336. The zero-order valence-corrected chi connectivity index (χ0v) is 16.9. The lowest BCUT2D eigenvalue weighted by Crippen LogP contribution is -2.28. The molecule has 0 saturated heterocycles. The Labute approximate surface area is 173 Å². The smallest absolute Gasteiger partial charge is 0.319 e. The molecule has 4 aromatic rings. The number of nitrogens with one attached hydrogen (secondary N) is 2. The fourth-order valence-electron chi connectivity index (χ4n) is 3.00. The zero-order chi connectivity index (χ0) is 21.1. The van der Waals surface area contributed by atoms with Crippen LogP contribution in [0.15, 0.2) is 83.0 Å². The lowest BCUT2D eigenvalue weighted by atomic mass is 10.2. The van der Waals surface area contributed by atoms with E-state index in [9.17, 15) is 13.2 Å². The molecule has 2 aromatic heterocycles. The number of pyridine rings is 1.